The lowest BCUT2D eigenvalue weighted by Crippen LogP contribution is -1.92. The van der Waals surface area contributed by atoms with Crippen LogP contribution in [0.4, 0.5) is 0 Å². The first-order valence-corrected chi connectivity index (χ1v) is 4.24. The van der Waals surface area contributed by atoms with Crippen molar-refractivity contribution in [1.29, 1.82) is 0 Å². The predicted octanol–water partition coefficient (Wildman–Crippen LogP) is 2.75. The third kappa shape index (κ3) is 2.15. The van der Waals surface area contributed by atoms with Crippen LogP contribution in [0.25, 0.3) is 0 Å². The topological polar surface area (TPSA) is 17.1 Å². The van der Waals surface area contributed by atoms with Crippen molar-refractivity contribution in [1.82, 2.24) is 0 Å². The minimum absolute atomic E-state index is 0.00287. The van der Waals surface area contributed by atoms with Crippen LogP contribution >= 0.6 is 15.9 Å². The Bertz CT molecular complexity index is 240. The lowest BCUT2D eigenvalue weighted by atomic mass is 10.0. The number of aldehydes is 1. The quantitative estimate of drug-likeness (QED) is 0.690. The van der Waals surface area contributed by atoms with E-state index in [2.05, 4.69) is 15.9 Å². The first kappa shape index (κ1) is 8.47. The molecule has 58 valence electrons. The second-order valence-electron chi connectivity index (χ2n) is 2.48. The Morgan fingerprint density at radius 1 is 1.36 bits per heavy atom. The van der Waals surface area contributed by atoms with Crippen LogP contribution in [0.5, 0.6) is 0 Å². The molecule has 0 aliphatic carbocycles. The maximum absolute atomic E-state index is 10.4. The molecule has 0 aromatic heterocycles. The van der Waals surface area contributed by atoms with E-state index in [4.69, 9.17) is 0 Å². The molecule has 0 bridgehead atoms. The number of rotatable bonds is 2. The number of carbonyl (C=O) groups excluding carboxylic acids is 1. The molecule has 0 fully saturated rings. The number of benzene rings is 1. The fraction of sp³-hybridized carbons (Fsp3) is 0.222. The molecule has 0 radical (unpaired) electrons. The van der Waals surface area contributed by atoms with Crippen molar-refractivity contribution in [3.63, 3.8) is 0 Å². The summed E-state index contributed by atoms with van der Waals surface area (Å²) in [7, 11) is 0. The molecule has 11 heavy (non-hydrogen) atoms. The van der Waals surface area contributed by atoms with Crippen LogP contribution < -0.4 is 0 Å². The number of carbonyl (C=O) groups is 1. The number of hydrogen-bond donors (Lipinski definition) is 0. The lowest BCUT2D eigenvalue weighted by molar-refractivity contribution is -0.108. The van der Waals surface area contributed by atoms with Crippen molar-refractivity contribution in [2.75, 3.05) is 0 Å². The maximum Gasteiger partial charge on any atom is 0.127 e. The molecule has 0 unspecified atom stereocenters. The standard InChI is InChI=1S/C9H9BrO/c1-7(6-11)8-2-4-9(10)5-3-8/h2-7H,1H3/t7-/m1/s1. The second kappa shape index (κ2) is 3.67. The van der Waals surface area contributed by atoms with Crippen LogP contribution in [-0.4, -0.2) is 6.29 Å². The summed E-state index contributed by atoms with van der Waals surface area (Å²) >= 11 is 3.33. The highest BCUT2D eigenvalue weighted by atomic mass is 79.9. The van der Waals surface area contributed by atoms with Gasteiger partial charge in [0.1, 0.15) is 6.29 Å². The summed E-state index contributed by atoms with van der Waals surface area (Å²) in [6, 6.07) is 7.77. The van der Waals surface area contributed by atoms with Crippen LogP contribution in [0.15, 0.2) is 28.7 Å². The zero-order valence-electron chi connectivity index (χ0n) is 6.25. The molecule has 1 rings (SSSR count). The number of hydrogen-bond acceptors (Lipinski definition) is 1. The highest BCUT2D eigenvalue weighted by Gasteiger charge is 2.01. The summed E-state index contributed by atoms with van der Waals surface area (Å²) < 4.78 is 1.04. The van der Waals surface area contributed by atoms with Gasteiger partial charge in [-0.2, -0.15) is 0 Å². The summed E-state index contributed by atoms with van der Waals surface area (Å²) in [6.45, 7) is 1.89. The molecule has 0 aliphatic heterocycles. The van der Waals surface area contributed by atoms with Gasteiger partial charge in [-0.3, -0.25) is 0 Å². The van der Waals surface area contributed by atoms with E-state index in [1.807, 2.05) is 31.2 Å². The summed E-state index contributed by atoms with van der Waals surface area (Å²) in [6.07, 6.45) is 0.948. The van der Waals surface area contributed by atoms with E-state index >= 15 is 0 Å². The van der Waals surface area contributed by atoms with Gasteiger partial charge in [0.25, 0.3) is 0 Å². The molecule has 0 saturated heterocycles. The molecule has 0 heterocycles. The molecular formula is C9H9BrO. The Balaban J connectivity index is 2.89. The maximum atomic E-state index is 10.4. The predicted molar refractivity (Wildman–Crippen MR) is 48.6 cm³/mol. The van der Waals surface area contributed by atoms with E-state index in [1.54, 1.807) is 0 Å². The van der Waals surface area contributed by atoms with Gasteiger partial charge in [0.15, 0.2) is 0 Å². The van der Waals surface area contributed by atoms with Gasteiger partial charge in [0, 0.05) is 10.4 Å². The van der Waals surface area contributed by atoms with E-state index in [9.17, 15) is 4.79 Å². The van der Waals surface area contributed by atoms with E-state index in [0.717, 1.165) is 16.3 Å². The Morgan fingerprint density at radius 2 is 1.91 bits per heavy atom. The van der Waals surface area contributed by atoms with Gasteiger partial charge in [-0.05, 0) is 17.7 Å². The third-order valence-corrected chi connectivity index (χ3v) is 2.13. The highest BCUT2D eigenvalue weighted by Crippen LogP contribution is 2.16. The largest absolute Gasteiger partial charge is 0.303 e. The van der Waals surface area contributed by atoms with Crippen molar-refractivity contribution < 1.29 is 4.79 Å². The Labute approximate surface area is 74.6 Å². The molecular weight excluding hydrogens is 204 g/mol. The zero-order chi connectivity index (χ0) is 8.27. The van der Waals surface area contributed by atoms with E-state index in [1.165, 1.54) is 0 Å². The SMILES string of the molecule is C[C@H](C=O)c1ccc(Br)cc1. The Kier molecular flexibility index (Phi) is 2.83. The smallest absolute Gasteiger partial charge is 0.127 e. The van der Waals surface area contributed by atoms with Crippen molar-refractivity contribution in [3.8, 4) is 0 Å². The van der Waals surface area contributed by atoms with Crippen molar-refractivity contribution in [2.24, 2.45) is 0 Å². The zero-order valence-corrected chi connectivity index (χ0v) is 7.84. The van der Waals surface area contributed by atoms with Crippen molar-refractivity contribution >= 4 is 22.2 Å². The van der Waals surface area contributed by atoms with Gasteiger partial charge in [-0.25, -0.2) is 0 Å². The van der Waals surface area contributed by atoms with Gasteiger partial charge < -0.3 is 4.79 Å². The van der Waals surface area contributed by atoms with E-state index in [-0.39, 0.29) is 5.92 Å². The van der Waals surface area contributed by atoms with E-state index < -0.39 is 0 Å². The molecule has 0 spiro atoms. The lowest BCUT2D eigenvalue weighted by Gasteiger charge is -2.02. The highest BCUT2D eigenvalue weighted by molar-refractivity contribution is 9.10. The first-order valence-electron chi connectivity index (χ1n) is 3.45. The summed E-state index contributed by atoms with van der Waals surface area (Å²) in [4.78, 5) is 10.4. The molecule has 0 amide bonds. The van der Waals surface area contributed by atoms with Crippen molar-refractivity contribution in [3.05, 3.63) is 34.3 Å². The van der Waals surface area contributed by atoms with Gasteiger partial charge in [-0.15, -0.1) is 0 Å². The van der Waals surface area contributed by atoms with Crippen LogP contribution in [0.3, 0.4) is 0 Å². The normalized spacial score (nSPS) is 12.5. The van der Waals surface area contributed by atoms with E-state index in [0.29, 0.717) is 0 Å². The van der Waals surface area contributed by atoms with Crippen LogP contribution in [0.1, 0.15) is 18.4 Å². The van der Waals surface area contributed by atoms with Crippen LogP contribution in [-0.2, 0) is 4.79 Å². The molecule has 0 aliphatic rings. The van der Waals surface area contributed by atoms with Crippen molar-refractivity contribution in [2.45, 2.75) is 12.8 Å². The van der Waals surface area contributed by atoms with Gasteiger partial charge >= 0.3 is 0 Å². The molecule has 1 aromatic carbocycles. The first-order chi connectivity index (χ1) is 5.24. The Hall–Kier alpha value is -0.630. The fourth-order valence-corrected chi connectivity index (χ4v) is 1.11. The monoisotopic (exact) mass is 212 g/mol. The van der Waals surface area contributed by atoms with Gasteiger partial charge in [0.2, 0.25) is 0 Å². The third-order valence-electron chi connectivity index (χ3n) is 1.60. The molecule has 1 nitrogen and oxygen atoms in total. The molecule has 1 atom stereocenters. The fourth-order valence-electron chi connectivity index (χ4n) is 0.845. The molecule has 0 N–H and O–H groups in total. The molecule has 0 saturated carbocycles. The number of halogens is 1. The summed E-state index contributed by atoms with van der Waals surface area (Å²) in [5, 5.41) is 0. The minimum atomic E-state index is 0.00287. The average Bonchev–Trinajstić information content (AvgIpc) is 2.05. The summed E-state index contributed by atoms with van der Waals surface area (Å²) in [5.74, 6) is 0.00287. The summed E-state index contributed by atoms with van der Waals surface area (Å²) in [5.41, 5.74) is 1.06. The Morgan fingerprint density at radius 3 is 2.36 bits per heavy atom. The average molecular weight is 213 g/mol. The molecule has 1 aromatic rings. The molecule has 2 heteroatoms. The van der Waals surface area contributed by atoms with Crippen LogP contribution in [0, 0.1) is 0 Å². The van der Waals surface area contributed by atoms with Gasteiger partial charge in [0.05, 0.1) is 0 Å². The van der Waals surface area contributed by atoms with Gasteiger partial charge in [-0.1, -0.05) is 35.0 Å². The second-order valence-corrected chi connectivity index (χ2v) is 3.39. The minimum Gasteiger partial charge on any atom is -0.303 e. The van der Waals surface area contributed by atoms with Crippen LogP contribution in [0.2, 0.25) is 0 Å².